The lowest BCUT2D eigenvalue weighted by Crippen LogP contribution is -2.12. The second-order valence-corrected chi connectivity index (χ2v) is 7.74. The lowest BCUT2D eigenvalue weighted by atomic mass is 10.1. The molecule has 0 atom stereocenters. The lowest BCUT2D eigenvalue weighted by molar-refractivity contribution is -0.384. The van der Waals surface area contributed by atoms with Gasteiger partial charge in [0, 0.05) is 43.6 Å². The summed E-state index contributed by atoms with van der Waals surface area (Å²) in [5.74, 6) is -0.574. The van der Waals surface area contributed by atoms with Gasteiger partial charge >= 0.3 is 0 Å². The van der Waals surface area contributed by atoms with Crippen molar-refractivity contribution in [1.82, 2.24) is 14.8 Å². The van der Waals surface area contributed by atoms with Crippen LogP contribution in [0, 0.1) is 10.1 Å². The van der Waals surface area contributed by atoms with Gasteiger partial charge in [0.1, 0.15) is 5.69 Å². The monoisotopic (exact) mass is 436 g/mol. The van der Waals surface area contributed by atoms with Crippen molar-refractivity contribution in [1.29, 1.82) is 0 Å². The number of nitrogens with one attached hydrogen (secondary N) is 2. The van der Waals surface area contributed by atoms with Crippen molar-refractivity contribution in [2.75, 3.05) is 10.6 Å². The van der Waals surface area contributed by atoms with Gasteiger partial charge in [-0.15, -0.1) is 0 Å². The predicted octanol–water partition coefficient (Wildman–Crippen LogP) is 3.82. The summed E-state index contributed by atoms with van der Waals surface area (Å²) in [5.41, 5.74) is 2.60. The molecule has 0 aliphatic rings. The minimum absolute atomic E-state index is 0.0428. The Morgan fingerprint density at radius 2 is 1.87 bits per heavy atom. The fourth-order valence-electron chi connectivity index (χ4n) is 3.03. The SMILES string of the molecule is CC(=O)Nc1ccc2nc(NC(=O)c3cn(C)nc3-c3ccc([N+](=O)[O-])cc3)sc2c1. The Morgan fingerprint density at radius 1 is 1.13 bits per heavy atom. The van der Waals surface area contributed by atoms with E-state index in [1.54, 1.807) is 43.6 Å². The lowest BCUT2D eigenvalue weighted by Gasteiger charge is -2.02. The van der Waals surface area contributed by atoms with E-state index in [0.29, 0.717) is 33.2 Å². The van der Waals surface area contributed by atoms with Gasteiger partial charge in [-0.05, 0) is 30.3 Å². The Labute approximate surface area is 179 Å². The second-order valence-electron chi connectivity index (χ2n) is 6.71. The predicted molar refractivity (Wildman–Crippen MR) is 117 cm³/mol. The van der Waals surface area contributed by atoms with E-state index in [0.717, 1.165) is 4.70 Å². The summed E-state index contributed by atoms with van der Waals surface area (Å²) < 4.78 is 2.31. The van der Waals surface area contributed by atoms with Crippen molar-refractivity contribution in [2.24, 2.45) is 7.05 Å². The highest BCUT2D eigenvalue weighted by Crippen LogP contribution is 2.30. The first-order chi connectivity index (χ1) is 14.8. The maximum absolute atomic E-state index is 12.9. The summed E-state index contributed by atoms with van der Waals surface area (Å²) in [6.07, 6.45) is 1.58. The van der Waals surface area contributed by atoms with E-state index in [1.807, 2.05) is 0 Å². The van der Waals surface area contributed by atoms with Crippen LogP contribution in [0.2, 0.25) is 0 Å². The van der Waals surface area contributed by atoms with Crippen LogP contribution in [0.3, 0.4) is 0 Å². The van der Waals surface area contributed by atoms with Crippen LogP contribution in [0.4, 0.5) is 16.5 Å². The summed E-state index contributed by atoms with van der Waals surface area (Å²) in [6, 6.07) is 11.1. The van der Waals surface area contributed by atoms with E-state index in [4.69, 9.17) is 0 Å². The van der Waals surface area contributed by atoms with Gasteiger partial charge in [0.2, 0.25) is 5.91 Å². The number of non-ortho nitro benzene ring substituents is 1. The maximum atomic E-state index is 12.9. The zero-order chi connectivity index (χ0) is 22.1. The zero-order valence-electron chi connectivity index (χ0n) is 16.4. The third-order valence-electron chi connectivity index (χ3n) is 4.35. The number of amides is 2. The minimum atomic E-state index is -0.486. The maximum Gasteiger partial charge on any atom is 0.269 e. The Morgan fingerprint density at radius 3 is 2.55 bits per heavy atom. The highest BCUT2D eigenvalue weighted by Gasteiger charge is 2.19. The van der Waals surface area contributed by atoms with E-state index in [2.05, 4.69) is 20.7 Å². The Hall–Kier alpha value is -4.12. The number of rotatable bonds is 5. The number of thiazole rings is 1. The van der Waals surface area contributed by atoms with Gasteiger partial charge in [0.15, 0.2) is 5.13 Å². The number of hydrogen-bond acceptors (Lipinski definition) is 7. The molecule has 0 bridgehead atoms. The molecule has 0 aliphatic heterocycles. The standard InChI is InChI=1S/C20H16N6O4S/c1-11(27)21-13-5-8-16-17(9-13)31-20(22-16)23-19(28)15-10-25(2)24-18(15)12-3-6-14(7-4-12)26(29)30/h3-10H,1-2H3,(H,21,27)(H,22,23,28). The number of aryl methyl sites for hydroxylation is 1. The van der Waals surface area contributed by atoms with E-state index in [1.165, 1.54) is 35.1 Å². The summed E-state index contributed by atoms with van der Waals surface area (Å²) >= 11 is 1.28. The van der Waals surface area contributed by atoms with Gasteiger partial charge < -0.3 is 5.32 Å². The summed E-state index contributed by atoms with van der Waals surface area (Å²) in [6.45, 7) is 1.43. The molecule has 31 heavy (non-hydrogen) atoms. The largest absolute Gasteiger partial charge is 0.326 e. The Kier molecular flexibility index (Phi) is 5.17. The van der Waals surface area contributed by atoms with Crippen molar-refractivity contribution in [3.05, 3.63) is 64.3 Å². The van der Waals surface area contributed by atoms with Crippen molar-refractivity contribution >= 4 is 49.9 Å². The van der Waals surface area contributed by atoms with Gasteiger partial charge in [-0.3, -0.25) is 29.7 Å². The van der Waals surface area contributed by atoms with Crippen molar-refractivity contribution < 1.29 is 14.5 Å². The number of aromatic nitrogens is 3. The number of hydrogen-bond donors (Lipinski definition) is 2. The Bertz CT molecular complexity index is 1330. The summed E-state index contributed by atoms with van der Waals surface area (Å²) in [4.78, 5) is 39.0. The van der Waals surface area contributed by atoms with Crippen LogP contribution in [0.15, 0.2) is 48.7 Å². The normalized spacial score (nSPS) is 10.8. The van der Waals surface area contributed by atoms with Gasteiger partial charge in [-0.25, -0.2) is 4.98 Å². The van der Waals surface area contributed by atoms with Crippen LogP contribution in [-0.2, 0) is 11.8 Å². The molecule has 0 saturated heterocycles. The van der Waals surface area contributed by atoms with E-state index >= 15 is 0 Å². The molecule has 4 rings (SSSR count). The highest BCUT2D eigenvalue weighted by atomic mass is 32.1. The highest BCUT2D eigenvalue weighted by molar-refractivity contribution is 7.22. The van der Waals surface area contributed by atoms with Gasteiger partial charge in [0.25, 0.3) is 11.6 Å². The van der Waals surface area contributed by atoms with Crippen LogP contribution < -0.4 is 10.6 Å². The van der Waals surface area contributed by atoms with Gasteiger partial charge in [-0.2, -0.15) is 5.10 Å². The number of nitro groups is 1. The molecule has 2 aromatic heterocycles. The molecule has 2 amide bonds. The first kappa shape index (κ1) is 20.2. The van der Waals surface area contributed by atoms with Gasteiger partial charge in [0.05, 0.1) is 20.7 Å². The molecule has 0 fully saturated rings. The molecule has 0 spiro atoms. The molecule has 0 unspecified atom stereocenters. The molecule has 156 valence electrons. The molecule has 0 saturated carbocycles. The fraction of sp³-hybridized carbons (Fsp3) is 0.100. The first-order valence-corrected chi connectivity index (χ1v) is 9.90. The van der Waals surface area contributed by atoms with Crippen LogP contribution in [0.25, 0.3) is 21.5 Å². The number of carbonyl (C=O) groups is 2. The molecule has 2 N–H and O–H groups in total. The number of fused-ring (bicyclic) bond motifs is 1. The first-order valence-electron chi connectivity index (χ1n) is 9.08. The molecule has 0 radical (unpaired) electrons. The van der Waals surface area contributed by atoms with Crippen LogP contribution in [0.1, 0.15) is 17.3 Å². The van der Waals surface area contributed by atoms with Gasteiger partial charge in [-0.1, -0.05) is 11.3 Å². The molecule has 4 aromatic rings. The number of nitro benzene ring substituents is 1. The zero-order valence-corrected chi connectivity index (χ0v) is 17.3. The Balaban J connectivity index is 1.60. The molecule has 2 aromatic carbocycles. The van der Waals surface area contributed by atoms with Crippen LogP contribution in [-0.4, -0.2) is 31.5 Å². The number of benzene rings is 2. The molecule has 0 aliphatic carbocycles. The summed E-state index contributed by atoms with van der Waals surface area (Å²) in [7, 11) is 1.69. The molecular formula is C20H16N6O4S. The minimum Gasteiger partial charge on any atom is -0.326 e. The van der Waals surface area contributed by atoms with Crippen LogP contribution in [0.5, 0.6) is 0 Å². The quantitative estimate of drug-likeness (QED) is 0.361. The van der Waals surface area contributed by atoms with E-state index in [-0.39, 0.29) is 11.6 Å². The van der Waals surface area contributed by atoms with Crippen molar-refractivity contribution in [3.8, 4) is 11.3 Å². The second kappa shape index (κ2) is 7.95. The number of carbonyl (C=O) groups excluding carboxylic acids is 2. The van der Waals surface area contributed by atoms with Crippen LogP contribution >= 0.6 is 11.3 Å². The molecule has 11 heteroatoms. The topological polar surface area (TPSA) is 132 Å². The average Bonchev–Trinajstić information content (AvgIpc) is 3.30. The van der Waals surface area contributed by atoms with E-state index in [9.17, 15) is 19.7 Å². The smallest absolute Gasteiger partial charge is 0.269 e. The summed E-state index contributed by atoms with van der Waals surface area (Å²) in [5, 5.41) is 21.1. The molecule has 2 heterocycles. The van der Waals surface area contributed by atoms with Crippen molar-refractivity contribution in [3.63, 3.8) is 0 Å². The average molecular weight is 436 g/mol. The molecule has 10 nitrogen and oxygen atoms in total. The fourth-order valence-corrected chi connectivity index (χ4v) is 3.93. The third-order valence-corrected chi connectivity index (χ3v) is 5.29. The van der Waals surface area contributed by atoms with Crippen molar-refractivity contribution in [2.45, 2.75) is 6.92 Å². The number of anilines is 2. The van der Waals surface area contributed by atoms with E-state index < -0.39 is 10.8 Å². The number of nitrogens with zero attached hydrogens (tertiary/aromatic N) is 4. The molecular weight excluding hydrogens is 420 g/mol. The third kappa shape index (κ3) is 4.26.